The highest BCUT2D eigenvalue weighted by atomic mass is 32.2. The van der Waals surface area contributed by atoms with Crippen molar-refractivity contribution in [3.8, 4) is 0 Å². The van der Waals surface area contributed by atoms with Crippen molar-refractivity contribution in [2.24, 2.45) is 5.10 Å². The smallest absolute Gasteiger partial charge is 0.316 e. The summed E-state index contributed by atoms with van der Waals surface area (Å²) in [4.78, 5) is 14.8. The summed E-state index contributed by atoms with van der Waals surface area (Å²) < 4.78 is 0. The molecule has 2 atom stereocenters. The number of aliphatic carboxylic acids is 1. The van der Waals surface area contributed by atoms with Crippen LogP contribution in [-0.4, -0.2) is 27.7 Å². The largest absolute Gasteiger partial charge is 0.480 e. The van der Waals surface area contributed by atoms with E-state index < -0.39 is 11.2 Å². The fourth-order valence-electron chi connectivity index (χ4n) is 3.46. The van der Waals surface area contributed by atoms with Crippen LogP contribution in [0.15, 0.2) is 36.0 Å². The summed E-state index contributed by atoms with van der Waals surface area (Å²) in [7, 11) is 0. The molecule has 1 aromatic rings. The second-order valence-electron chi connectivity index (χ2n) is 6.92. The zero-order chi connectivity index (χ0) is 20.3. The van der Waals surface area contributed by atoms with Crippen molar-refractivity contribution in [2.45, 2.75) is 57.9 Å². The van der Waals surface area contributed by atoms with Crippen LogP contribution >= 0.6 is 23.1 Å². The van der Waals surface area contributed by atoms with Crippen LogP contribution in [0.1, 0.15) is 49.6 Å². The molecule has 3 rings (SSSR count). The van der Waals surface area contributed by atoms with Crippen molar-refractivity contribution in [1.82, 2.24) is 5.43 Å². The first kappa shape index (κ1) is 20.7. The van der Waals surface area contributed by atoms with Crippen molar-refractivity contribution >= 4 is 44.8 Å². The van der Waals surface area contributed by atoms with E-state index in [9.17, 15) is 9.90 Å². The van der Waals surface area contributed by atoms with Crippen LogP contribution in [0.5, 0.6) is 0 Å². The molecule has 1 aliphatic carbocycles. The molecule has 0 spiro atoms. The highest BCUT2D eigenvalue weighted by Gasteiger charge is 2.34. The van der Waals surface area contributed by atoms with Gasteiger partial charge in [0.15, 0.2) is 5.17 Å². The van der Waals surface area contributed by atoms with Gasteiger partial charge in [-0.3, -0.25) is 15.1 Å². The van der Waals surface area contributed by atoms with E-state index in [1.54, 1.807) is 18.3 Å². The molecular weight excluding hydrogens is 390 g/mol. The maximum absolute atomic E-state index is 11.3. The Morgan fingerprint density at radius 2 is 2.14 bits per heavy atom. The first-order chi connectivity index (χ1) is 13.5. The molecule has 0 fully saturated rings. The molecule has 2 heterocycles. The lowest BCUT2D eigenvalue weighted by atomic mass is 9.91. The van der Waals surface area contributed by atoms with E-state index in [1.165, 1.54) is 45.6 Å². The second-order valence-corrected chi connectivity index (χ2v) is 9.23. The van der Waals surface area contributed by atoms with Gasteiger partial charge in [-0.15, -0.1) is 11.3 Å². The molecular formula is C21H27N3O2S2. The average molecular weight is 418 g/mol. The van der Waals surface area contributed by atoms with Gasteiger partial charge in [-0.2, -0.15) is 5.10 Å². The fraction of sp³-hybridized carbons (Fsp3) is 0.429. The van der Waals surface area contributed by atoms with E-state index in [0.29, 0.717) is 0 Å². The maximum atomic E-state index is 11.3. The predicted octanol–water partition coefficient (Wildman–Crippen LogP) is 5.01. The van der Waals surface area contributed by atoms with E-state index in [0.717, 1.165) is 23.6 Å². The first-order valence-electron chi connectivity index (χ1n) is 9.60. The summed E-state index contributed by atoms with van der Waals surface area (Å²) >= 11 is 3.05. The number of nitrogens with one attached hydrogen (secondary N) is 1. The van der Waals surface area contributed by atoms with Crippen LogP contribution < -0.4 is 10.3 Å². The number of thioether (sulfide) groups is 1. The number of carboxylic acid groups (broad SMARTS) is 1. The summed E-state index contributed by atoms with van der Waals surface area (Å²) in [5.74, 6) is -0.829. The Morgan fingerprint density at radius 3 is 2.79 bits per heavy atom. The summed E-state index contributed by atoms with van der Waals surface area (Å²) in [5.41, 5.74) is 7.05. The van der Waals surface area contributed by atoms with E-state index in [2.05, 4.69) is 35.0 Å². The Bertz CT molecular complexity index is 854. The number of nitrogens with zero attached hydrogens (tertiary/aromatic N) is 2. The van der Waals surface area contributed by atoms with Crippen LogP contribution in [0.4, 0.5) is 5.00 Å². The monoisotopic (exact) mass is 417 g/mol. The number of amidine groups is 1. The molecule has 1 unspecified atom stereocenters. The number of rotatable bonds is 6. The standard InChI is InChI=1S/C21H27N3O2S2/c1-5-7-10-15(6-2)18-16-11-8-9-12-17(16)19(28-18)24-14(4)22-23-21(24)27-13(3)20(25)26/h5-7,10,13-14,22H,2,8-9,11-12H2,1,3-4H3,(H,25,26)/b7-5-,15-10+/t13?,14-/m0/s1. The van der Waals surface area contributed by atoms with Gasteiger partial charge in [0.1, 0.15) is 16.4 Å². The van der Waals surface area contributed by atoms with Crippen molar-refractivity contribution in [3.63, 3.8) is 0 Å². The molecule has 1 aliphatic heterocycles. The Labute approximate surface area is 174 Å². The molecule has 0 bridgehead atoms. The lowest BCUT2D eigenvalue weighted by Crippen LogP contribution is -2.37. The minimum absolute atomic E-state index is 0.00674. The molecule has 2 N–H and O–H groups in total. The number of anilines is 1. The van der Waals surface area contributed by atoms with Gasteiger partial charge in [0.05, 0.1) is 0 Å². The minimum Gasteiger partial charge on any atom is -0.480 e. The van der Waals surface area contributed by atoms with Gasteiger partial charge in [0, 0.05) is 4.88 Å². The van der Waals surface area contributed by atoms with Gasteiger partial charge >= 0.3 is 5.97 Å². The van der Waals surface area contributed by atoms with E-state index in [1.807, 2.05) is 25.2 Å². The molecule has 0 saturated heterocycles. The topological polar surface area (TPSA) is 64.9 Å². The van der Waals surface area contributed by atoms with E-state index in [4.69, 9.17) is 0 Å². The number of allylic oxidation sites excluding steroid dienone is 5. The van der Waals surface area contributed by atoms with E-state index in [-0.39, 0.29) is 6.17 Å². The number of hydrogen-bond acceptors (Lipinski definition) is 6. The summed E-state index contributed by atoms with van der Waals surface area (Å²) in [5, 5.41) is 15.1. The molecule has 28 heavy (non-hydrogen) atoms. The quantitative estimate of drug-likeness (QED) is 0.637. The lowest BCUT2D eigenvalue weighted by Gasteiger charge is -2.25. The maximum Gasteiger partial charge on any atom is 0.316 e. The molecule has 2 aliphatic rings. The molecule has 0 amide bonds. The number of thiophene rings is 1. The number of fused-ring (bicyclic) bond motifs is 1. The Morgan fingerprint density at radius 1 is 1.43 bits per heavy atom. The molecule has 0 aromatic carbocycles. The van der Waals surface area contributed by atoms with Gasteiger partial charge in [-0.05, 0) is 63.2 Å². The third kappa shape index (κ3) is 4.05. The van der Waals surface area contributed by atoms with Crippen molar-refractivity contribution < 1.29 is 9.90 Å². The third-order valence-electron chi connectivity index (χ3n) is 4.94. The molecule has 7 heteroatoms. The molecule has 5 nitrogen and oxygen atoms in total. The highest BCUT2D eigenvalue weighted by Crippen LogP contribution is 2.45. The number of hydrazone groups is 1. The van der Waals surface area contributed by atoms with Crippen molar-refractivity contribution in [1.29, 1.82) is 0 Å². The van der Waals surface area contributed by atoms with Crippen LogP contribution in [0.25, 0.3) is 5.57 Å². The predicted molar refractivity (Wildman–Crippen MR) is 121 cm³/mol. The molecule has 1 aromatic heterocycles. The van der Waals surface area contributed by atoms with Crippen molar-refractivity contribution in [2.75, 3.05) is 4.90 Å². The van der Waals surface area contributed by atoms with Crippen LogP contribution in [0.2, 0.25) is 0 Å². The van der Waals surface area contributed by atoms with Gasteiger partial charge in [-0.1, -0.05) is 42.6 Å². The van der Waals surface area contributed by atoms with Gasteiger partial charge in [-0.25, -0.2) is 0 Å². The van der Waals surface area contributed by atoms with Crippen LogP contribution in [0.3, 0.4) is 0 Å². The highest BCUT2D eigenvalue weighted by molar-refractivity contribution is 8.15. The van der Waals surface area contributed by atoms with Crippen molar-refractivity contribution in [3.05, 3.63) is 46.9 Å². The second kappa shape index (κ2) is 9.01. The Kier molecular flexibility index (Phi) is 6.67. The zero-order valence-corrected chi connectivity index (χ0v) is 18.2. The van der Waals surface area contributed by atoms with Crippen LogP contribution in [-0.2, 0) is 17.6 Å². The zero-order valence-electron chi connectivity index (χ0n) is 16.6. The SMILES string of the molecule is C=C/C(=C\C=C/C)c1sc(N2C(SC(C)C(=O)O)=NN[C@@H]2C)c2c1CCCC2. The van der Waals surface area contributed by atoms with Crippen LogP contribution in [0, 0.1) is 0 Å². The number of carbonyl (C=O) groups is 1. The number of hydrogen-bond donors (Lipinski definition) is 2. The lowest BCUT2D eigenvalue weighted by molar-refractivity contribution is -0.136. The minimum atomic E-state index is -0.829. The Balaban J connectivity index is 2.05. The summed E-state index contributed by atoms with van der Waals surface area (Å²) in [6, 6.07) is 0. The molecule has 0 saturated carbocycles. The van der Waals surface area contributed by atoms with Gasteiger partial charge < -0.3 is 5.11 Å². The molecule has 0 radical (unpaired) electrons. The first-order valence-corrected chi connectivity index (χ1v) is 11.3. The van der Waals surface area contributed by atoms with Gasteiger partial charge in [0.2, 0.25) is 0 Å². The third-order valence-corrected chi connectivity index (χ3v) is 7.31. The molecule has 150 valence electrons. The normalized spacial score (nSPS) is 20.7. The average Bonchev–Trinajstić information content (AvgIpc) is 3.23. The number of carboxylic acids is 1. The summed E-state index contributed by atoms with van der Waals surface area (Å²) in [6.07, 6.45) is 12.6. The Hall–Kier alpha value is -1.99. The van der Waals surface area contributed by atoms with E-state index >= 15 is 0 Å². The summed E-state index contributed by atoms with van der Waals surface area (Å²) in [6.45, 7) is 9.78. The van der Waals surface area contributed by atoms with Gasteiger partial charge in [0.25, 0.3) is 0 Å². The fourth-order valence-corrected chi connectivity index (χ4v) is 5.90.